The van der Waals surface area contributed by atoms with Gasteiger partial charge in [-0.1, -0.05) is 0 Å². The van der Waals surface area contributed by atoms with E-state index in [1.165, 1.54) is 19.1 Å². The van der Waals surface area contributed by atoms with Crippen molar-refractivity contribution in [1.29, 1.82) is 0 Å². The highest BCUT2D eigenvalue weighted by Gasteiger charge is 2.08. The quantitative estimate of drug-likeness (QED) is 0.335. The van der Waals surface area contributed by atoms with Crippen molar-refractivity contribution in [2.24, 2.45) is 5.16 Å². The van der Waals surface area contributed by atoms with Crippen molar-refractivity contribution in [1.82, 2.24) is 4.90 Å². The predicted octanol–water partition coefficient (Wildman–Crippen LogP) is 0.542. The average Bonchev–Trinajstić information content (AvgIpc) is 2.34. The smallest absolute Gasteiger partial charge is 0.0576 e. The zero-order valence-electron chi connectivity index (χ0n) is 5.45. The standard InChI is InChI=1S/C6H12N2O/c9-7-3-6-8-4-1-2-5-8/h3,9H,1-2,4-6H2. The molecule has 1 aliphatic rings. The average molecular weight is 128 g/mol. The molecule has 0 spiro atoms. The molecule has 1 saturated heterocycles. The minimum absolute atomic E-state index is 0.802. The minimum atomic E-state index is 0.802. The maximum absolute atomic E-state index is 8.07. The first-order chi connectivity index (χ1) is 4.43. The highest BCUT2D eigenvalue weighted by Crippen LogP contribution is 2.04. The number of hydrogen-bond acceptors (Lipinski definition) is 3. The van der Waals surface area contributed by atoms with Gasteiger partial charge in [0.1, 0.15) is 0 Å². The summed E-state index contributed by atoms with van der Waals surface area (Å²) in [7, 11) is 0. The van der Waals surface area contributed by atoms with Gasteiger partial charge in [0.2, 0.25) is 0 Å². The summed E-state index contributed by atoms with van der Waals surface area (Å²) < 4.78 is 0. The number of oxime groups is 1. The molecule has 0 atom stereocenters. The Balaban J connectivity index is 2.11. The van der Waals surface area contributed by atoms with Crippen LogP contribution in [0.1, 0.15) is 12.8 Å². The zero-order chi connectivity index (χ0) is 6.53. The largest absolute Gasteiger partial charge is 0.411 e. The van der Waals surface area contributed by atoms with Crippen LogP contribution in [0.15, 0.2) is 5.16 Å². The first-order valence-electron chi connectivity index (χ1n) is 3.32. The van der Waals surface area contributed by atoms with Crippen molar-refractivity contribution in [3.05, 3.63) is 0 Å². The minimum Gasteiger partial charge on any atom is -0.411 e. The third-order valence-corrected chi connectivity index (χ3v) is 1.62. The molecular weight excluding hydrogens is 116 g/mol. The van der Waals surface area contributed by atoms with Gasteiger partial charge in [0.05, 0.1) is 6.21 Å². The highest BCUT2D eigenvalue weighted by atomic mass is 16.4. The monoisotopic (exact) mass is 128 g/mol. The summed E-state index contributed by atoms with van der Waals surface area (Å²) >= 11 is 0. The van der Waals surface area contributed by atoms with Gasteiger partial charge in [-0.05, 0) is 25.9 Å². The van der Waals surface area contributed by atoms with Crippen molar-refractivity contribution in [3.63, 3.8) is 0 Å². The second-order valence-corrected chi connectivity index (χ2v) is 2.31. The Morgan fingerprint density at radius 2 is 2.11 bits per heavy atom. The molecule has 0 aromatic heterocycles. The summed E-state index contributed by atoms with van der Waals surface area (Å²) in [5.41, 5.74) is 0. The molecule has 3 nitrogen and oxygen atoms in total. The molecule has 0 unspecified atom stereocenters. The van der Waals surface area contributed by atoms with Crippen molar-refractivity contribution >= 4 is 6.21 Å². The van der Waals surface area contributed by atoms with E-state index in [-0.39, 0.29) is 0 Å². The van der Waals surface area contributed by atoms with E-state index < -0.39 is 0 Å². The molecule has 1 rings (SSSR count). The number of rotatable bonds is 2. The summed E-state index contributed by atoms with van der Waals surface area (Å²) in [5.74, 6) is 0. The van der Waals surface area contributed by atoms with E-state index in [1.54, 1.807) is 0 Å². The van der Waals surface area contributed by atoms with Crippen LogP contribution in [0.4, 0.5) is 0 Å². The van der Waals surface area contributed by atoms with Crippen LogP contribution in [0, 0.1) is 0 Å². The molecule has 0 amide bonds. The Hall–Kier alpha value is -0.570. The van der Waals surface area contributed by atoms with E-state index in [2.05, 4.69) is 10.1 Å². The summed E-state index contributed by atoms with van der Waals surface area (Å²) in [6.07, 6.45) is 4.11. The van der Waals surface area contributed by atoms with E-state index in [9.17, 15) is 0 Å². The molecule has 1 aliphatic heterocycles. The van der Waals surface area contributed by atoms with E-state index >= 15 is 0 Å². The lowest BCUT2D eigenvalue weighted by molar-refractivity contribution is 0.315. The zero-order valence-corrected chi connectivity index (χ0v) is 5.45. The van der Waals surface area contributed by atoms with Crippen molar-refractivity contribution < 1.29 is 5.21 Å². The van der Waals surface area contributed by atoms with Crippen molar-refractivity contribution in [2.45, 2.75) is 12.8 Å². The molecule has 3 heteroatoms. The number of likely N-dealkylation sites (tertiary alicyclic amines) is 1. The third-order valence-electron chi connectivity index (χ3n) is 1.62. The fourth-order valence-electron chi connectivity index (χ4n) is 1.12. The van der Waals surface area contributed by atoms with Crippen LogP contribution < -0.4 is 0 Å². The molecule has 52 valence electrons. The number of nitrogens with zero attached hydrogens (tertiary/aromatic N) is 2. The van der Waals surface area contributed by atoms with E-state index in [0.717, 1.165) is 19.6 Å². The molecule has 1 N–H and O–H groups in total. The van der Waals surface area contributed by atoms with E-state index in [1.807, 2.05) is 0 Å². The molecule has 0 aromatic rings. The molecule has 0 aliphatic carbocycles. The predicted molar refractivity (Wildman–Crippen MR) is 36.0 cm³/mol. The van der Waals surface area contributed by atoms with Crippen LogP contribution in [0.25, 0.3) is 0 Å². The van der Waals surface area contributed by atoms with Crippen LogP contribution in [0.2, 0.25) is 0 Å². The first kappa shape index (κ1) is 6.55. The van der Waals surface area contributed by atoms with Crippen LogP contribution >= 0.6 is 0 Å². The Morgan fingerprint density at radius 1 is 1.44 bits per heavy atom. The lowest BCUT2D eigenvalue weighted by Gasteiger charge is -2.08. The van der Waals surface area contributed by atoms with Gasteiger partial charge in [-0.3, -0.25) is 4.90 Å². The fourth-order valence-corrected chi connectivity index (χ4v) is 1.12. The van der Waals surface area contributed by atoms with Gasteiger partial charge in [-0.2, -0.15) is 0 Å². The molecule has 1 fully saturated rings. The Kier molecular flexibility index (Phi) is 2.51. The van der Waals surface area contributed by atoms with Crippen molar-refractivity contribution in [2.75, 3.05) is 19.6 Å². The lowest BCUT2D eigenvalue weighted by atomic mass is 10.4. The van der Waals surface area contributed by atoms with Gasteiger partial charge in [-0.25, -0.2) is 0 Å². The van der Waals surface area contributed by atoms with Crippen LogP contribution in [-0.2, 0) is 0 Å². The molecule has 9 heavy (non-hydrogen) atoms. The molecule has 1 heterocycles. The van der Waals surface area contributed by atoms with Gasteiger partial charge in [0.25, 0.3) is 0 Å². The summed E-state index contributed by atoms with van der Waals surface area (Å²) in [6, 6.07) is 0. The highest BCUT2D eigenvalue weighted by molar-refractivity contribution is 5.58. The molecule has 0 radical (unpaired) electrons. The van der Waals surface area contributed by atoms with Gasteiger partial charge in [-0.15, -0.1) is 5.16 Å². The lowest BCUT2D eigenvalue weighted by Crippen LogP contribution is -2.21. The maximum atomic E-state index is 8.07. The summed E-state index contributed by atoms with van der Waals surface area (Å²) in [6.45, 7) is 3.12. The van der Waals surface area contributed by atoms with Gasteiger partial charge in [0.15, 0.2) is 0 Å². The Labute approximate surface area is 55.0 Å². The van der Waals surface area contributed by atoms with Crippen LogP contribution in [-0.4, -0.2) is 36.0 Å². The van der Waals surface area contributed by atoms with Crippen molar-refractivity contribution in [3.8, 4) is 0 Å². The van der Waals surface area contributed by atoms with Gasteiger partial charge in [0, 0.05) is 6.54 Å². The van der Waals surface area contributed by atoms with Gasteiger partial charge < -0.3 is 5.21 Å². The van der Waals surface area contributed by atoms with Gasteiger partial charge >= 0.3 is 0 Å². The molecular formula is C6H12N2O. The van der Waals surface area contributed by atoms with Crippen LogP contribution in [0.5, 0.6) is 0 Å². The topological polar surface area (TPSA) is 35.8 Å². The summed E-state index contributed by atoms with van der Waals surface area (Å²) in [4.78, 5) is 2.26. The SMILES string of the molecule is ON=CCN1CCCC1. The normalized spacial score (nSPS) is 21.8. The Bertz CT molecular complexity index is 97.2. The molecule has 0 aromatic carbocycles. The second kappa shape index (κ2) is 3.45. The summed E-state index contributed by atoms with van der Waals surface area (Å²) in [5, 5.41) is 11.0. The first-order valence-corrected chi connectivity index (χ1v) is 3.32. The van der Waals surface area contributed by atoms with Crippen LogP contribution in [0.3, 0.4) is 0 Å². The third kappa shape index (κ3) is 2.01. The van der Waals surface area contributed by atoms with E-state index in [0.29, 0.717) is 0 Å². The second-order valence-electron chi connectivity index (χ2n) is 2.31. The molecule has 0 saturated carbocycles. The van der Waals surface area contributed by atoms with E-state index in [4.69, 9.17) is 5.21 Å². The maximum Gasteiger partial charge on any atom is 0.0576 e. The fraction of sp³-hybridized carbons (Fsp3) is 0.833. The Morgan fingerprint density at radius 3 is 2.67 bits per heavy atom. The molecule has 0 bridgehead atoms. The number of hydrogen-bond donors (Lipinski definition) is 1.